The van der Waals surface area contributed by atoms with Crippen molar-refractivity contribution >= 4 is 34.3 Å². The molecule has 4 aromatic rings. The van der Waals surface area contributed by atoms with Crippen LogP contribution in [0.3, 0.4) is 0 Å². The Labute approximate surface area is 389 Å². The molecule has 1 saturated carbocycles. The van der Waals surface area contributed by atoms with E-state index in [2.05, 4.69) is 55.8 Å². The number of amides is 1. The number of thioether (sulfide) groups is 1. The highest BCUT2D eigenvalue weighted by Gasteiger charge is 2.66. The van der Waals surface area contributed by atoms with Crippen LogP contribution in [-0.4, -0.2) is 77.0 Å². The molecule has 4 aromatic carbocycles. The van der Waals surface area contributed by atoms with E-state index < -0.39 is 29.4 Å². The number of aliphatic hydroxyl groups excluding tert-OH is 2. The van der Waals surface area contributed by atoms with Gasteiger partial charge in [-0.3, -0.25) is 4.90 Å². The molecule has 6 atom stereocenters. The highest BCUT2D eigenvalue weighted by molar-refractivity contribution is 7.98. The molecule has 1 fully saturated rings. The van der Waals surface area contributed by atoms with Gasteiger partial charge in [0.05, 0.1) is 31.4 Å². The minimum Gasteiger partial charge on any atom is -0.459 e. The fourth-order valence-electron chi connectivity index (χ4n) is 9.91. The van der Waals surface area contributed by atoms with Crippen molar-refractivity contribution in [1.29, 1.82) is 0 Å². The summed E-state index contributed by atoms with van der Waals surface area (Å²) >= 11 is 1.68. The monoisotopic (exact) mass is 902 g/mol. The smallest absolute Gasteiger partial charge is 0.410 e. The number of hydrogen-bond acceptors (Lipinski definition) is 10. The van der Waals surface area contributed by atoms with Crippen molar-refractivity contribution in [3.8, 4) is 17.2 Å². The van der Waals surface area contributed by atoms with E-state index in [0.717, 1.165) is 63.8 Å². The minimum absolute atomic E-state index is 0.0501. The van der Waals surface area contributed by atoms with Gasteiger partial charge in [-0.2, -0.15) is 0 Å². The van der Waals surface area contributed by atoms with Gasteiger partial charge in [-0.15, -0.1) is 24.9 Å². The number of unbranched alkanes of at least 4 members (excludes halogenated alkanes) is 2. The number of oxime groups is 1. The Hall–Kier alpha value is -5.07. The average Bonchev–Trinajstić information content (AvgIpc) is 3.30. The van der Waals surface area contributed by atoms with Crippen LogP contribution in [-0.2, 0) is 20.9 Å². The van der Waals surface area contributed by atoms with Crippen molar-refractivity contribution in [2.24, 2.45) is 22.9 Å². The fraction of sp³-hybridized carbons (Fsp3) is 0.444. The SMILES string of the molecule is C=CCCOC(=O)N(Cc1cccc2ccccc12)C1CC(=NOC(C)(C)C)C2=CC(CCCCO)C(CCCCO)C3c4cc(Oc5ccc(SC)cc5)ccc4OC1(OCC=C)C23. The van der Waals surface area contributed by atoms with Gasteiger partial charge in [0.25, 0.3) is 0 Å². The first-order valence-corrected chi connectivity index (χ1v) is 24.4. The Morgan fingerprint density at radius 2 is 1.68 bits per heavy atom. The van der Waals surface area contributed by atoms with E-state index in [1.54, 1.807) is 28.8 Å². The van der Waals surface area contributed by atoms with Gasteiger partial charge in [0.15, 0.2) is 0 Å². The number of nitrogens with zero attached hydrogens (tertiary/aromatic N) is 2. The lowest BCUT2D eigenvalue weighted by molar-refractivity contribution is -0.256. The van der Waals surface area contributed by atoms with Crippen LogP contribution in [0.2, 0.25) is 0 Å². The summed E-state index contributed by atoms with van der Waals surface area (Å²) in [6.45, 7) is 14.6. The molecular weight excluding hydrogens is 837 g/mol. The predicted molar refractivity (Wildman–Crippen MR) is 260 cm³/mol. The summed E-state index contributed by atoms with van der Waals surface area (Å²) < 4.78 is 27.4. The van der Waals surface area contributed by atoms with Crippen LogP contribution >= 0.6 is 11.8 Å². The van der Waals surface area contributed by atoms with E-state index in [9.17, 15) is 15.0 Å². The molecule has 2 aliphatic carbocycles. The third-order valence-corrected chi connectivity index (χ3v) is 13.5. The zero-order valence-corrected chi connectivity index (χ0v) is 39.3. The van der Waals surface area contributed by atoms with Gasteiger partial charge in [-0.25, -0.2) is 4.79 Å². The molecule has 0 aromatic heterocycles. The lowest BCUT2D eigenvalue weighted by atomic mass is 9.55. The molecule has 0 saturated heterocycles. The van der Waals surface area contributed by atoms with Crippen molar-refractivity contribution in [2.75, 3.05) is 32.7 Å². The van der Waals surface area contributed by atoms with Gasteiger partial charge >= 0.3 is 6.09 Å². The summed E-state index contributed by atoms with van der Waals surface area (Å²) in [6.07, 6.45) is 12.7. The molecule has 0 bridgehead atoms. The van der Waals surface area contributed by atoms with E-state index in [1.807, 2.05) is 75.4 Å². The summed E-state index contributed by atoms with van der Waals surface area (Å²) in [7, 11) is 0. The van der Waals surface area contributed by atoms with Gasteiger partial charge in [0.1, 0.15) is 28.9 Å². The summed E-state index contributed by atoms with van der Waals surface area (Å²) in [5, 5.41) is 27.1. The molecule has 6 unspecified atom stereocenters. The van der Waals surface area contributed by atoms with Crippen molar-refractivity contribution in [2.45, 2.75) is 107 Å². The maximum absolute atomic E-state index is 15.0. The number of ether oxygens (including phenoxy) is 4. The lowest BCUT2D eigenvalue weighted by Gasteiger charge is -2.60. The molecule has 7 rings (SSSR count). The average molecular weight is 903 g/mol. The molecule has 2 N–H and O–H groups in total. The summed E-state index contributed by atoms with van der Waals surface area (Å²) in [5.41, 5.74) is 2.99. The highest BCUT2D eigenvalue weighted by Crippen LogP contribution is 2.62. The van der Waals surface area contributed by atoms with Crippen LogP contribution in [0.1, 0.15) is 89.2 Å². The molecular formula is C54H66N2O8S. The fourth-order valence-corrected chi connectivity index (χ4v) is 10.3. The third-order valence-electron chi connectivity index (χ3n) is 12.7. The Morgan fingerprint density at radius 1 is 0.938 bits per heavy atom. The van der Waals surface area contributed by atoms with Crippen LogP contribution in [0.25, 0.3) is 10.8 Å². The number of rotatable bonds is 21. The number of carbonyl (C=O) groups is 1. The van der Waals surface area contributed by atoms with Crippen molar-refractivity contribution in [3.05, 3.63) is 133 Å². The number of aliphatic hydroxyl groups is 2. The van der Waals surface area contributed by atoms with E-state index in [4.69, 9.17) is 28.9 Å². The van der Waals surface area contributed by atoms with Gasteiger partial charge in [-0.1, -0.05) is 78.7 Å². The second kappa shape index (κ2) is 21.9. The zero-order chi connectivity index (χ0) is 46.0. The summed E-state index contributed by atoms with van der Waals surface area (Å²) in [6, 6.07) is 27.6. The molecule has 1 heterocycles. The Kier molecular flexibility index (Phi) is 16.2. The van der Waals surface area contributed by atoms with Crippen LogP contribution in [0.15, 0.2) is 132 Å². The van der Waals surface area contributed by atoms with Gasteiger partial charge < -0.3 is 34.0 Å². The maximum Gasteiger partial charge on any atom is 0.410 e. The van der Waals surface area contributed by atoms with Gasteiger partial charge in [-0.05, 0) is 135 Å². The van der Waals surface area contributed by atoms with Crippen molar-refractivity contribution in [3.63, 3.8) is 0 Å². The number of hydrogen-bond donors (Lipinski definition) is 2. The standard InChI is InChI=1S/C54H66N2O8S/c1-7-9-32-60-52(59)56(36-39-20-16-19-37-17-10-11-21-43(37)39)49-35-47(55-64-53(3,4)5)45-33-38(18-12-14-29-57)44(22-13-15-30-58)50-46-34-41(62-40-23-26-42(65-6)27-24-40)25-28-48(46)63-54(49,51(45)50)61-31-8-2/h7-8,10-11,16-17,19-21,23-28,33-34,38,44,49-51,57-58H,1-2,9,12-15,18,22,29-32,35-36H2,3-6H3. The summed E-state index contributed by atoms with van der Waals surface area (Å²) in [4.78, 5) is 24.2. The van der Waals surface area contributed by atoms with E-state index in [-0.39, 0.29) is 57.1 Å². The molecule has 65 heavy (non-hydrogen) atoms. The quantitative estimate of drug-likeness (QED) is 0.0364. The number of benzene rings is 4. The van der Waals surface area contributed by atoms with Crippen LogP contribution in [0.4, 0.5) is 4.79 Å². The molecule has 1 aliphatic heterocycles. The van der Waals surface area contributed by atoms with Crippen LogP contribution < -0.4 is 9.47 Å². The van der Waals surface area contributed by atoms with Crippen LogP contribution in [0, 0.1) is 17.8 Å². The lowest BCUT2D eigenvalue weighted by Crippen LogP contribution is -2.70. The zero-order valence-electron chi connectivity index (χ0n) is 38.5. The molecule has 3 aliphatic rings. The topological polar surface area (TPSA) is 119 Å². The molecule has 0 spiro atoms. The highest BCUT2D eigenvalue weighted by atomic mass is 32.2. The molecule has 10 nitrogen and oxygen atoms in total. The summed E-state index contributed by atoms with van der Waals surface area (Å²) in [5.74, 6) is 0.000329. The van der Waals surface area contributed by atoms with E-state index in [1.165, 1.54) is 0 Å². The van der Waals surface area contributed by atoms with E-state index in [0.29, 0.717) is 36.5 Å². The molecule has 0 radical (unpaired) electrons. The normalized spacial score (nSPS) is 22.8. The Morgan fingerprint density at radius 3 is 2.40 bits per heavy atom. The number of allylic oxidation sites excluding steroid dienone is 1. The predicted octanol–water partition coefficient (Wildman–Crippen LogP) is 12.0. The first-order chi connectivity index (χ1) is 31.5. The van der Waals surface area contributed by atoms with E-state index >= 15 is 0 Å². The first-order valence-electron chi connectivity index (χ1n) is 23.1. The second-order valence-electron chi connectivity index (χ2n) is 18.2. The molecule has 346 valence electrons. The minimum atomic E-state index is -1.46. The number of carbonyl (C=O) groups excluding carboxylic acids is 1. The maximum atomic E-state index is 15.0. The molecule has 11 heteroatoms. The number of fused-ring (bicyclic) bond motifs is 3. The molecule has 1 amide bonds. The Balaban J connectivity index is 1.48. The van der Waals surface area contributed by atoms with Gasteiger partial charge in [0.2, 0.25) is 5.79 Å². The second-order valence-corrected chi connectivity index (χ2v) is 19.1. The van der Waals surface area contributed by atoms with Gasteiger partial charge in [0, 0.05) is 36.0 Å². The van der Waals surface area contributed by atoms with Crippen molar-refractivity contribution in [1.82, 2.24) is 4.90 Å². The first kappa shape index (κ1) is 47.9. The Bertz CT molecular complexity index is 2320. The largest absolute Gasteiger partial charge is 0.459 e. The van der Waals surface area contributed by atoms with Crippen LogP contribution in [0.5, 0.6) is 17.2 Å². The van der Waals surface area contributed by atoms with Crippen molar-refractivity contribution < 1.29 is 38.8 Å². The third kappa shape index (κ3) is 11.0.